The number of rotatable bonds is 1. The molecule has 4 nitrogen and oxygen atoms in total. The fourth-order valence-electron chi connectivity index (χ4n) is 1.34. The summed E-state index contributed by atoms with van der Waals surface area (Å²) in [6.45, 7) is 0.692. The molecule has 1 amide bonds. The molecule has 1 aromatic heterocycles. The van der Waals surface area contributed by atoms with E-state index < -0.39 is 0 Å². The number of hydrogen-bond acceptors (Lipinski definition) is 3. The van der Waals surface area contributed by atoms with Crippen LogP contribution < -0.4 is 5.32 Å². The molecule has 2 rings (SSSR count). The van der Waals surface area contributed by atoms with E-state index in [9.17, 15) is 4.79 Å². The Labute approximate surface area is 70.0 Å². The molecule has 0 aliphatic carbocycles. The second kappa shape index (κ2) is 2.89. The molecule has 0 bridgehead atoms. The van der Waals surface area contributed by atoms with Gasteiger partial charge in [0.2, 0.25) is 5.91 Å². The van der Waals surface area contributed by atoms with Crippen molar-refractivity contribution in [2.24, 2.45) is 0 Å². The van der Waals surface area contributed by atoms with Gasteiger partial charge in [-0.15, -0.1) is 0 Å². The average molecular weight is 163 g/mol. The van der Waals surface area contributed by atoms with Gasteiger partial charge in [-0.25, -0.2) is 0 Å². The van der Waals surface area contributed by atoms with Crippen LogP contribution in [0, 0.1) is 0 Å². The lowest BCUT2D eigenvalue weighted by Gasteiger charge is -2.03. The summed E-state index contributed by atoms with van der Waals surface area (Å²) in [5.41, 5.74) is 0.899. The van der Waals surface area contributed by atoms with Gasteiger partial charge in [0.1, 0.15) is 0 Å². The van der Waals surface area contributed by atoms with Crippen molar-refractivity contribution < 1.29 is 4.79 Å². The standard InChI is InChI=1S/C8H9N3O/c12-8-3-6(4-11-8)7-5-9-1-2-10-7/h1-2,5-6H,3-4H2,(H,11,12)/t6-/m0/s1. The molecule has 1 aliphatic heterocycles. The van der Waals surface area contributed by atoms with E-state index in [0.717, 1.165) is 5.69 Å². The second-order valence-corrected chi connectivity index (χ2v) is 2.84. The van der Waals surface area contributed by atoms with Gasteiger partial charge in [0.25, 0.3) is 0 Å². The first kappa shape index (κ1) is 7.21. The molecule has 12 heavy (non-hydrogen) atoms. The Hall–Kier alpha value is -1.45. The van der Waals surface area contributed by atoms with E-state index in [1.165, 1.54) is 0 Å². The van der Waals surface area contributed by atoms with E-state index in [0.29, 0.717) is 13.0 Å². The van der Waals surface area contributed by atoms with E-state index in [1.54, 1.807) is 18.6 Å². The maximum absolute atomic E-state index is 10.9. The van der Waals surface area contributed by atoms with Crippen molar-refractivity contribution in [1.29, 1.82) is 0 Å². The Balaban J connectivity index is 2.16. The van der Waals surface area contributed by atoms with Crippen LogP contribution in [0.1, 0.15) is 18.0 Å². The number of amides is 1. The molecule has 1 atom stereocenters. The van der Waals surface area contributed by atoms with Crippen molar-refractivity contribution in [3.8, 4) is 0 Å². The number of carbonyl (C=O) groups excluding carboxylic acids is 1. The summed E-state index contributed by atoms with van der Waals surface area (Å²) in [7, 11) is 0. The Morgan fingerprint density at radius 1 is 1.50 bits per heavy atom. The lowest BCUT2D eigenvalue weighted by molar-refractivity contribution is -0.119. The molecule has 62 valence electrons. The summed E-state index contributed by atoms with van der Waals surface area (Å²) in [5, 5.41) is 2.76. The highest BCUT2D eigenvalue weighted by Crippen LogP contribution is 2.19. The van der Waals surface area contributed by atoms with Gasteiger partial charge in [0, 0.05) is 37.5 Å². The Kier molecular flexibility index (Phi) is 1.74. The fraction of sp³-hybridized carbons (Fsp3) is 0.375. The van der Waals surface area contributed by atoms with Gasteiger partial charge in [-0.1, -0.05) is 0 Å². The first-order chi connectivity index (χ1) is 5.86. The molecule has 1 aliphatic rings. The van der Waals surface area contributed by atoms with Crippen molar-refractivity contribution in [2.75, 3.05) is 6.54 Å². The van der Waals surface area contributed by atoms with Gasteiger partial charge in [-0.2, -0.15) is 0 Å². The minimum absolute atomic E-state index is 0.102. The molecule has 0 radical (unpaired) electrons. The molecule has 1 N–H and O–H groups in total. The number of aromatic nitrogens is 2. The normalized spacial score (nSPS) is 22.3. The van der Waals surface area contributed by atoms with Crippen molar-refractivity contribution in [2.45, 2.75) is 12.3 Å². The molecular formula is C8H9N3O. The maximum Gasteiger partial charge on any atom is 0.220 e. The van der Waals surface area contributed by atoms with Crippen LogP contribution in [0.25, 0.3) is 0 Å². The van der Waals surface area contributed by atoms with E-state index in [1.807, 2.05) is 0 Å². The largest absolute Gasteiger partial charge is 0.355 e. The summed E-state index contributed by atoms with van der Waals surface area (Å²) in [6, 6.07) is 0. The quantitative estimate of drug-likeness (QED) is 0.637. The van der Waals surface area contributed by atoms with Crippen LogP contribution in [0.2, 0.25) is 0 Å². The van der Waals surface area contributed by atoms with Crippen LogP contribution in [-0.4, -0.2) is 22.4 Å². The zero-order valence-corrected chi connectivity index (χ0v) is 6.53. The number of carbonyl (C=O) groups is 1. The first-order valence-corrected chi connectivity index (χ1v) is 3.89. The van der Waals surface area contributed by atoms with Crippen LogP contribution in [0.3, 0.4) is 0 Å². The zero-order valence-electron chi connectivity index (χ0n) is 6.53. The first-order valence-electron chi connectivity index (χ1n) is 3.89. The molecule has 0 aromatic carbocycles. The molecule has 4 heteroatoms. The molecule has 1 aromatic rings. The van der Waals surface area contributed by atoms with Crippen molar-refractivity contribution >= 4 is 5.91 Å². The predicted molar refractivity (Wildman–Crippen MR) is 42.4 cm³/mol. The summed E-state index contributed by atoms with van der Waals surface area (Å²) in [6.07, 6.45) is 5.54. The lowest BCUT2D eigenvalue weighted by Crippen LogP contribution is -2.13. The molecule has 0 spiro atoms. The summed E-state index contributed by atoms with van der Waals surface area (Å²) in [5.74, 6) is 0.317. The highest BCUT2D eigenvalue weighted by atomic mass is 16.1. The van der Waals surface area contributed by atoms with Crippen LogP contribution >= 0.6 is 0 Å². The summed E-state index contributed by atoms with van der Waals surface area (Å²) < 4.78 is 0. The maximum atomic E-state index is 10.9. The Morgan fingerprint density at radius 2 is 2.42 bits per heavy atom. The summed E-state index contributed by atoms with van der Waals surface area (Å²) in [4.78, 5) is 19.0. The number of hydrogen-bond donors (Lipinski definition) is 1. The smallest absolute Gasteiger partial charge is 0.220 e. The monoisotopic (exact) mass is 163 g/mol. The fourth-order valence-corrected chi connectivity index (χ4v) is 1.34. The summed E-state index contributed by atoms with van der Waals surface area (Å²) >= 11 is 0. The van der Waals surface area contributed by atoms with Gasteiger partial charge in [0.05, 0.1) is 5.69 Å². The van der Waals surface area contributed by atoms with E-state index in [-0.39, 0.29) is 11.8 Å². The van der Waals surface area contributed by atoms with Crippen molar-refractivity contribution in [3.05, 3.63) is 24.3 Å². The average Bonchev–Trinajstić information content (AvgIpc) is 2.54. The number of nitrogens with zero attached hydrogens (tertiary/aromatic N) is 2. The molecule has 0 saturated carbocycles. The second-order valence-electron chi connectivity index (χ2n) is 2.84. The number of nitrogens with one attached hydrogen (secondary N) is 1. The van der Waals surface area contributed by atoms with E-state index >= 15 is 0 Å². The molecule has 1 saturated heterocycles. The minimum Gasteiger partial charge on any atom is -0.355 e. The highest BCUT2D eigenvalue weighted by molar-refractivity contribution is 5.79. The molecule has 1 fully saturated rings. The predicted octanol–water partition coefficient (Wildman–Crippen LogP) is 0.0801. The van der Waals surface area contributed by atoms with Crippen LogP contribution in [0.15, 0.2) is 18.6 Å². The van der Waals surface area contributed by atoms with E-state index in [2.05, 4.69) is 15.3 Å². The van der Waals surface area contributed by atoms with Crippen LogP contribution in [0.4, 0.5) is 0 Å². The van der Waals surface area contributed by atoms with Crippen LogP contribution in [-0.2, 0) is 4.79 Å². The molecular weight excluding hydrogens is 154 g/mol. The SMILES string of the molecule is O=C1C[C@H](c2cnccn2)CN1. The van der Waals surface area contributed by atoms with Gasteiger partial charge >= 0.3 is 0 Å². The topological polar surface area (TPSA) is 54.9 Å². The third-order valence-corrected chi connectivity index (χ3v) is 1.98. The third-order valence-electron chi connectivity index (χ3n) is 1.98. The van der Waals surface area contributed by atoms with Crippen molar-refractivity contribution in [1.82, 2.24) is 15.3 Å². The molecule has 2 heterocycles. The van der Waals surface area contributed by atoms with E-state index in [4.69, 9.17) is 0 Å². The lowest BCUT2D eigenvalue weighted by atomic mass is 10.1. The Morgan fingerprint density at radius 3 is 3.00 bits per heavy atom. The van der Waals surface area contributed by atoms with Crippen LogP contribution in [0.5, 0.6) is 0 Å². The minimum atomic E-state index is 0.102. The van der Waals surface area contributed by atoms with Gasteiger partial charge in [0.15, 0.2) is 0 Å². The van der Waals surface area contributed by atoms with Gasteiger partial charge in [-0.3, -0.25) is 14.8 Å². The third kappa shape index (κ3) is 1.28. The molecule has 0 unspecified atom stereocenters. The Bertz CT molecular complexity index is 286. The van der Waals surface area contributed by atoms with Gasteiger partial charge in [-0.05, 0) is 0 Å². The highest BCUT2D eigenvalue weighted by Gasteiger charge is 2.23. The zero-order chi connectivity index (χ0) is 8.39. The van der Waals surface area contributed by atoms with Gasteiger partial charge < -0.3 is 5.32 Å². The van der Waals surface area contributed by atoms with Crippen molar-refractivity contribution in [3.63, 3.8) is 0 Å².